The van der Waals surface area contributed by atoms with Crippen LogP contribution in [0.1, 0.15) is 28.3 Å². The van der Waals surface area contributed by atoms with Gasteiger partial charge < -0.3 is 9.84 Å². The Balaban J connectivity index is 1.74. The standard InChI is InChI=1S/C27H20Cl2N2O4S/c1-13-10-14(2)22-20(11-13)36-27(30-22)31-23(16-6-9-18(28)19(29)12-16)21(25(33)26(31)34)24(32)15-4-7-17(35-3)8-5-15/h4-12,23,32H,1-3H3. The normalized spacial score (nSPS) is 17.2. The number of carbonyl (C=O) groups is 2. The second-order valence-electron chi connectivity index (χ2n) is 8.50. The first-order valence-corrected chi connectivity index (χ1v) is 12.5. The van der Waals surface area contributed by atoms with E-state index in [0.717, 1.165) is 21.3 Å². The predicted octanol–water partition coefficient (Wildman–Crippen LogP) is 6.85. The number of methoxy groups -OCH3 is 1. The number of hydrogen-bond donors (Lipinski definition) is 1. The molecule has 6 nitrogen and oxygen atoms in total. The highest BCUT2D eigenvalue weighted by Gasteiger charge is 2.48. The number of aliphatic hydroxyl groups is 1. The Kier molecular flexibility index (Phi) is 6.24. The number of rotatable bonds is 4. The Morgan fingerprint density at radius 1 is 1.03 bits per heavy atom. The molecule has 1 aromatic heterocycles. The van der Waals surface area contributed by atoms with Crippen molar-refractivity contribution in [1.29, 1.82) is 0 Å². The van der Waals surface area contributed by atoms with E-state index in [1.54, 1.807) is 42.5 Å². The van der Waals surface area contributed by atoms with Crippen LogP contribution >= 0.6 is 34.5 Å². The maximum absolute atomic E-state index is 13.4. The number of hydrogen-bond acceptors (Lipinski definition) is 6. The molecule has 0 bridgehead atoms. The van der Waals surface area contributed by atoms with Crippen molar-refractivity contribution in [3.05, 3.63) is 92.5 Å². The summed E-state index contributed by atoms with van der Waals surface area (Å²) >= 11 is 13.8. The van der Waals surface area contributed by atoms with E-state index in [2.05, 4.69) is 0 Å². The Morgan fingerprint density at radius 2 is 1.75 bits per heavy atom. The first kappa shape index (κ1) is 24.3. The van der Waals surface area contributed by atoms with Crippen LogP contribution in [0.3, 0.4) is 0 Å². The molecule has 1 aliphatic rings. The van der Waals surface area contributed by atoms with Gasteiger partial charge in [0.05, 0.1) is 39.0 Å². The third kappa shape index (κ3) is 4.03. The van der Waals surface area contributed by atoms with Gasteiger partial charge in [0, 0.05) is 5.56 Å². The number of nitrogens with zero attached hydrogens (tertiary/aromatic N) is 2. The quantitative estimate of drug-likeness (QED) is 0.174. The molecule has 0 radical (unpaired) electrons. The van der Waals surface area contributed by atoms with Gasteiger partial charge in [0.1, 0.15) is 11.5 Å². The second-order valence-corrected chi connectivity index (χ2v) is 10.3. The van der Waals surface area contributed by atoms with E-state index in [0.29, 0.717) is 27.0 Å². The smallest absolute Gasteiger partial charge is 0.301 e. The number of ether oxygens (including phenoxy) is 1. The zero-order valence-corrected chi connectivity index (χ0v) is 21.8. The van der Waals surface area contributed by atoms with Crippen molar-refractivity contribution in [2.45, 2.75) is 19.9 Å². The van der Waals surface area contributed by atoms with Crippen LogP contribution in [0.2, 0.25) is 10.0 Å². The molecule has 1 N–H and O–H groups in total. The molecule has 1 fully saturated rings. The lowest BCUT2D eigenvalue weighted by atomic mass is 9.95. The maximum Gasteiger partial charge on any atom is 0.301 e. The summed E-state index contributed by atoms with van der Waals surface area (Å²) in [5, 5.41) is 12.2. The summed E-state index contributed by atoms with van der Waals surface area (Å²) in [6, 6.07) is 14.5. The lowest BCUT2D eigenvalue weighted by Crippen LogP contribution is -2.29. The molecule has 0 spiro atoms. The lowest BCUT2D eigenvalue weighted by molar-refractivity contribution is -0.132. The van der Waals surface area contributed by atoms with Crippen molar-refractivity contribution in [1.82, 2.24) is 4.98 Å². The Hall–Kier alpha value is -3.39. The molecule has 1 atom stereocenters. The molecule has 9 heteroatoms. The van der Waals surface area contributed by atoms with Crippen LogP contribution in [0.5, 0.6) is 5.75 Å². The van der Waals surface area contributed by atoms with Crippen LogP contribution in [-0.2, 0) is 9.59 Å². The van der Waals surface area contributed by atoms with Crippen LogP contribution < -0.4 is 9.64 Å². The van der Waals surface area contributed by atoms with Gasteiger partial charge in [-0.25, -0.2) is 4.98 Å². The molecular formula is C27H20Cl2N2O4S. The molecular weight excluding hydrogens is 519 g/mol. The fourth-order valence-corrected chi connectivity index (χ4v) is 5.87. The molecule has 3 aromatic carbocycles. The molecule has 182 valence electrons. The largest absolute Gasteiger partial charge is 0.507 e. The number of thiazole rings is 1. The molecule has 36 heavy (non-hydrogen) atoms. The van der Waals surface area contributed by atoms with Crippen LogP contribution in [0, 0.1) is 13.8 Å². The summed E-state index contributed by atoms with van der Waals surface area (Å²) in [6.45, 7) is 3.94. The summed E-state index contributed by atoms with van der Waals surface area (Å²) in [4.78, 5) is 32.9. The summed E-state index contributed by atoms with van der Waals surface area (Å²) in [6.07, 6.45) is 0. The summed E-state index contributed by atoms with van der Waals surface area (Å²) in [5.41, 5.74) is 3.62. The summed E-state index contributed by atoms with van der Waals surface area (Å²) in [5.74, 6) is -1.31. The SMILES string of the molecule is COc1ccc(C(O)=C2C(=O)C(=O)N(c3nc4c(C)cc(C)cc4s3)C2c2ccc(Cl)c(Cl)c2)cc1. The molecule has 4 aromatic rings. The maximum atomic E-state index is 13.4. The molecule has 2 heterocycles. The van der Waals surface area contributed by atoms with E-state index in [-0.39, 0.29) is 16.4 Å². The molecule has 1 saturated heterocycles. The van der Waals surface area contributed by atoms with E-state index in [1.807, 2.05) is 26.0 Å². The first-order chi connectivity index (χ1) is 17.2. The molecule has 5 rings (SSSR count). The van der Waals surface area contributed by atoms with Crippen molar-refractivity contribution >= 4 is 67.3 Å². The third-order valence-electron chi connectivity index (χ3n) is 6.09. The van der Waals surface area contributed by atoms with E-state index >= 15 is 0 Å². The molecule has 1 aliphatic heterocycles. The van der Waals surface area contributed by atoms with Crippen molar-refractivity contribution in [2.24, 2.45) is 0 Å². The van der Waals surface area contributed by atoms with Crippen LogP contribution in [0.4, 0.5) is 5.13 Å². The van der Waals surface area contributed by atoms with Crippen LogP contribution in [0.15, 0.2) is 60.2 Å². The number of benzene rings is 3. The van der Waals surface area contributed by atoms with Crippen molar-refractivity contribution in [3.8, 4) is 5.75 Å². The van der Waals surface area contributed by atoms with Crippen LogP contribution in [-0.4, -0.2) is 28.9 Å². The Labute approximate surface area is 221 Å². The third-order valence-corrected chi connectivity index (χ3v) is 7.83. The van der Waals surface area contributed by atoms with Gasteiger partial charge in [-0.2, -0.15) is 0 Å². The van der Waals surface area contributed by atoms with Gasteiger partial charge in [-0.05, 0) is 73.0 Å². The number of aryl methyl sites for hydroxylation is 2. The first-order valence-electron chi connectivity index (χ1n) is 11.0. The minimum Gasteiger partial charge on any atom is -0.507 e. The zero-order chi connectivity index (χ0) is 25.7. The fraction of sp³-hybridized carbons (Fsp3) is 0.148. The van der Waals surface area contributed by atoms with E-state index in [1.165, 1.54) is 23.3 Å². The highest BCUT2D eigenvalue weighted by molar-refractivity contribution is 7.22. The number of halogens is 2. The van der Waals surface area contributed by atoms with E-state index in [4.69, 9.17) is 32.9 Å². The Morgan fingerprint density at radius 3 is 2.42 bits per heavy atom. The monoisotopic (exact) mass is 538 g/mol. The topological polar surface area (TPSA) is 79.7 Å². The number of aromatic nitrogens is 1. The van der Waals surface area contributed by atoms with Gasteiger partial charge in [-0.15, -0.1) is 0 Å². The lowest BCUT2D eigenvalue weighted by Gasteiger charge is -2.23. The summed E-state index contributed by atoms with van der Waals surface area (Å²) in [7, 11) is 1.53. The number of ketones is 1. The second kappa shape index (κ2) is 9.24. The number of amides is 1. The van der Waals surface area contributed by atoms with Gasteiger partial charge in [0.15, 0.2) is 5.13 Å². The van der Waals surface area contributed by atoms with Crippen molar-refractivity contribution in [3.63, 3.8) is 0 Å². The van der Waals surface area contributed by atoms with E-state index in [9.17, 15) is 14.7 Å². The van der Waals surface area contributed by atoms with Crippen molar-refractivity contribution in [2.75, 3.05) is 12.0 Å². The average Bonchev–Trinajstić information content (AvgIpc) is 3.39. The van der Waals surface area contributed by atoms with E-state index < -0.39 is 17.7 Å². The Bertz CT molecular complexity index is 1580. The van der Waals surface area contributed by atoms with Gasteiger partial charge in [0.25, 0.3) is 5.78 Å². The predicted molar refractivity (Wildman–Crippen MR) is 143 cm³/mol. The minimum atomic E-state index is -0.955. The molecule has 1 unspecified atom stereocenters. The zero-order valence-electron chi connectivity index (χ0n) is 19.5. The van der Waals surface area contributed by atoms with Gasteiger partial charge >= 0.3 is 5.91 Å². The highest BCUT2D eigenvalue weighted by atomic mass is 35.5. The average molecular weight is 539 g/mol. The van der Waals surface area contributed by atoms with Gasteiger partial charge in [-0.1, -0.05) is 46.7 Å². The van der Waals surface area contributed by atoms with Crippen molar-refractivity contribution < 1.29 is 19.4 Å². The number of aliphatic hydroxyl groups excluding tert-OH is 1. The highest BCUT2D eigenvalue weighted by Crippen LogP contribution is 2.45. The number of carbonyl (C=O) groups excluding carboxylic acids is 2. The minimum absolute atomic E-state index is 0.0595. The van der Waals surface area contributed by atoms with Crippen LogP contribution in [0.25, 0.3) is 16.0 Å². The summed E-state index contributed by atoms with van der Waals surface area (Å²) < 4.78 is 6.08. The molecule has 0 aliphatic carbocycles. The van der Waals surface area contributed by atoms with Gasteiger partial charge in [0.2, 0.25) is 0 Å². The number of fused-ring (bicyclic) bond motifs is 1. The molecule has 1 amide bonds. The molecule has 0 saturated carbocycles. The number of anilines is 1. The fourth-order valence-electron chi connectivity index (χ4n) is 4.39. The van der Waals surface area contributed by atoms with Gasteiger partial charge in [-0.3, -0.25) is 14.5 Å². The number of Topliss-reactive ketones (excluding diaryl/α,β-unsaturated/α-hetero) is 1.